The smallest absolute Gasteiger partial charge is 0.191 e. The van der Waals surface area contributed by atoms with Gasteiger partial charge in [0.15, 0.2) is 5.96 Å². The van der Waals surface area contributed by atoms with E-state index in [9.17, 15) is 0 Å². The third-order valence-corrected chi connectivity index (χ3v) is 5.19. The van der Waals surface area contributed by atoms with Gasteiger partial charge in [-0.25, -0.2) is 4.98 Å². The van der Waals surface area contributed by atoms with E-state index in [4.69, 9.17) is 0 Å². The summed E-state index contributed by atoms with van der Waals surface area (Å²) in [5, 5.41) is 7.66. The lowest BCUT2D eigenvalue weighted by Gasteiger charge is -2.10. The average molecular weight is 373 g/mol. The number of rotatable bonds is 5. The molecule has 0 atom stereocenters. The summed E-state index contributed by atoms with van der Waals surface area (Å²) in [6.07, 6.45) is 2.89. The van der Waals surface area contributed by atoms with Crippen molar-refractivity contribution in [2.24, 2.45) is 4.99 Å². The van der Waals surface area contributed by atoms with E-state index in [-0.39, 0.29) is 0 Å². The predicted molar refractivity (Wildman–Crippen MR) is 90.8 cm³/mol. The Morgan fingerprint density at radius 3 is 2.80 bits per heavy atom. The lowest BCUT2D eigenvalue weighted by Crippen LogP contribution is -2.37. The van der Waals surface area contributed by atoms with E-state index in [1.807, 2.05) is 6.20 Å². The molecule has 0 unspecified atom stereocenters. The maximum Gasteiger partial charge on any atom is 0.191 e. The standard InChI is InChI=1S/C13H17BrN4S2/c1-9-7-17-12(19-9)8-18-13(15-2)16-6-5-10-3-4-11(14)20-10/h3-4,7H,5-6,8H2,1-2H3,(H2,15,16,18). The highest BCUT2D eigenvalue weighted by Gasteiger charge is 2.02. The molecule has 0 amide bonds. The third kappa shape index (κ3) is 4.88. The van der Waals surface area contributed by atoms with Crippen molar-refractivity contribution in [2.75, 3.05) is 13.6 Å². The molecule has 7 heteroatoms. The Morgan fingerprint density at radius 1 is 1.35 bits per heavy atom. The fourth-order valence-electron chi connectivity index (χ4n) is 1.65. The van der Waals surface area contributed by atoms with Crippen LogP contribution in [0.4, 0.5) is 0 Å². The molecule has 2 N–H and O–H groups in total. The molecule has 2 aromatic heterocycles. The molecule has 0 bridgehead atoms. The molecule has 2 aromatic rings. The van der Waals surface area contributed by atoms with Crippen molar-refractivity contribution < 1.29 is 0 Å². The monoisotopic (exact) mass is 372 g/mol. The number of thiazole rings is 1. The van der Waals surface area contributed by atoms with Crippen LogP contribution >= 0.6 is 38.6 Å². The first-order valence-corrected chi connectivity index (χ1v) is 8.70. The van der Waals surface area contributed by atoms with Gasteiger partial charge in [0, 0.05) is 29.5 Å². The second-order valence-corrected chi connectivity index (χ2v) is 8.04. The van der Waals surface area contributed by atoms with Gasteiger partial charge in [-0.3, -0.25) is 4.99 Å². The van der Waals surface area contributed by atoms with E-state index < -0.39 is 0 Å². The summed E-state index contributed by atoms with van der Waals surface area (Å²) >= 11 is 6.95. The molecular weight excluding hydrogens is 356 g/mol. The molecular formula is C13H17BrN4S2. The minimum absolute atomic E-state index is 0.711. The third-order valence-electron chi connectivity index (χ3n) is 2.59. The Kier molecular flexibility index (Phi) is 6.00. The van der Waals surface area contributed by atoms with Crippen molar-refractivity contribution in [3.05, 3.63) is 36.9 Å². The van der Waals surface area contributed by atoms with Gasteiger partial charge in [0.1, 0.15) is 5.01 Å². The normalized spacial score (nSPS) is 11.7. The summed E-state index contributed by atoms with van der Waals surface area (Å²) in [7, 11) is 1.78. The molecule has 20 heavy (non-hydrogen) atoms. The van der Waals surface area contributed by atoms with Crippen LogP contribution in [0.15, 0.2) is 27.1 Å². The molecule has 0 aliphatic carbocycles. The zero-order valence-electron chi connectivity index (χ0n) is 11.4. The lowest BCUT2D eigenvalue weighted by molar-refractivity contribution is 0.796. The molecule has 2 heterocycles. The van der Waals surface area contributed by atoms with Crippen LogP contribution in [0.2, 0.25) is 0 Å². The van der Waals surface area contributed by atoms with E-state index in [1.54, 1.807) is 29.7 Å². The van der Waals surface area contributed by atoms with E-state index in [2.05, 4.69) is 55.6 Å². The van der Waals surface area contributed by atoms with Gasteiger partial charge in [-0.15, -0.1) is 22.7 Å². The highest BCUT2D eigenvalue weighted by molar-refractivity contribution is 9.11. The van der Waals surface area contributed by atoms with Gasteiger partial charge in [0.05, 0.1) is 10.3 Å². The van der Waals surface area contributed by atoms with Gasteiger partial charge in [-0.2, -0.15) is 0 Å². The predicted octanol–water partition coefficient (Wildman–Crippen LogP) is 3.18. The van der Waals surface area contributed by atoms with E-state index in [1.165, 1.54) is 13.5 Å². The highest BCUT2D eigenvalue weighted by atomic mass is 79.9. The van der Waals surface area contributed by atoms with Crippen molar-refractivity contribution in [1.29, 1.82) is 0 Å². The van der Waals surface area contributed by atoms with Crippen molar-refractivity contribution >= 4 is 44.6 Å². The average Bonchev–Trinajstić information content (AvgIpc) is 3.02. The summed E-state index contributed by atoms with van der Waals surface area (Å²) in [5.41, 5.74) is 0. The molecule has 0 aromatic carbocycles. The molecule has 0 spiro atoms. The van der Waals surface area contributed by atoms with E-state index in [0.717, 1.165) is 23.9 Å². The Hall–Kier alpha value is -0.920. The van der Waals surface area contributed by atoms with Crippen LogP contribution in [0.5, 0.6) is 0 Å². The minimum atomic E-state index is 0.711. The van der Waals surface area contributed by atoms with Gasteiger partial charge in [-0.1, -0.05) is 0 Å². The van der Waals surface area contributed by atoms with Crippen LogP contribution in [-0.2, 0) is 13.0 Å². The number of guanidine groups is 1. The van der Waals surface area contributed by atoms with Crippen molar-refractivity contribution in [1.82, 2.24) is 15.6 Å². The number of thiophene rings is 1. The fourth-order valence-corrected chi connectivity index (χ4v) is 3.86. The van der Waals surface area contributed by atoms with Crippen LogP contribution in [0, 0.1) is 6.92 Å². The zero-order chi connectivity index (χ0) is 14.4. The number of hydrogen-bond donors (Lipinski definition) is 2. The largest absolute Gasteiger partial charge is 0.356 e. The molecule has 0 aliphatic rings. The Bertz CT molecular complexity index is 576. The van der Waals surface area contributed by atoms with Gasteiger partial charge in [-0.05, 0) is 41.4 Å². The molecule has 108 valence electrons. The number of nitrogens with zero attached hydrogens (tertiary/aromatic N) is 2. The van der Waals surface area contributed by atoms with Crippen LogP contribution in [0.25, 0.3) is 0 Å². The number of aromatic nitrogens is 1. The molecule has 4 nitrogen and oxygen atoms in total. The van der Waals surface area contributed by atoms with Gasteiger partial charge >= 0.3 is 0 Å². The first-order chi connectivity index (χ1) is 9.67. The van der Waals surface area contributed by atoms with Gasteiger partial charge in [0.2, 0.25) is 0 Å². The summed E-state index contributed by atoms with van der Waals surface area (Å²) < 4.78 is 1.18. The molecule has 2 rings (SSSR count). The van der Waals surface area contributed by atoms with Gasteiger partial charge in [0.25, 0.3) is 0 Å². The number of hydrogen-bond acceptors (Lipinski definition) is 4. The van der Waals surface area contributed by atoms with Crippen molar-refractivity contribution in [3.8, 4) is 0 Å². The number of nitrogens with one attached hydrogen (secondary N) is 2. The first kappa shape index (κ1) is 15.5. The molecule has 0 saturated carbocycles. The fraction of sp³-hybridized carbons (Fsp3) is 0.385. The van der Waals surface area contributed by atoms with Gasteiger partial charge < -0.3 is 10.6 Å². The molecule has 0 saturated heterocycles. The summed E-state index contributed by atoms with van der Waals surface area (Å²) in [6.45, 7) is 3.64. The SMILES string of the molecule is CN=C(NCCc1ccc(Br)s1)NCc1ncc(C)s1. The second-order valence-electron chi connectivity index (χ2n) is 4.17. The van der Waals surface area contributed by atoms with E-state index in [0.29, 0.717) is 6.54 Å². The Morgan fingerprint density at radius 2 is 2.20 bits per heavy atom. The van der Waals surface area contributed by atoms with Crippen LogP contribution in [0.3, 0.4) is 0 Å². The van der Waals surface area contributed by atoms with Crippen molar-refractivity contribution in [2.45, 2.75) is 19.9 Å². The topological polar surface area (TPSA) is 49.3 Å². The van der Waals surface area contributed by atoms with Crippen molar-refractivity contribution in [3.63, 3.8) is 0 Å². The minimum Gasteiger partial charge on any atom is -0.356 e. The zero-order valence-corrected chi connectivity index (χ0v) is 14.7. The number of aliphatic imine (C=N–C) groups is 1. The molecule has 0 radical (unpaired) electrons. The quantitative estimate of drug-likeness (QED) is 0.625. The van der Waals surface area contributed by atoms with Crippen LogP contribution < -0.4 is 10.6 Å². The summed E-state index contributed by atoms with van der Waals surface area (Å²) in [4.78, 5) is 11.1. The Balaban J connectivity index is 1.72. The van der Waals surface area contributed by atoms with Crippen LogP contribution in [-0.4, -0.2) is 24.5 Å². The molecule has 0 aliphatic heterocycles. The maximum atomic E-state index is 4.32. The highest BCUT2D eigenvalue weighted by Crippen LogP contribution is 2.22. The Labute approximate surface area is 135 Å². The summed E-state index contributed by atoms with van der Waals surface area (Å²) in [5.74, 6) is 0.813. The number of aryl methyl sites for hydroxylation is 1. The molecule has 0 fully saturated rings. The second kappa shape index (κ2) is 7.75. The summed E-state index contributed by atoms with van der Waals surface area (Å²) in [6, 6.07) is 4.23. The van der Waals surface area contributed by atoms with E-state index >= 15 is 0 Å². The number of halogens is 1. The lowest BCUT2D eigenvalue weighted by atomic mass is 10.3. The maximum absolute atomic E-state index is 4.32. The first-order valence-electron chi connectivity index (χ1n) is 6.27. The van der Waals surface area contributed by atoms with Crippen LogP contribution in [0.1, 0.15) is 14.8 Å².